The maximum absolute atomic E-state index is 10.8. The number of nitrogens with one attached hydrogen (secondary N) is 1. The van der Waals surface area contributed by atoms with E-state index in [1.807, 2.05) is 0 Å². The highest BCUT2D eigenvalue weighted by atomic mass is 35.5. The van der Waals surface area contributed by atoms with Crippen molar-refractivity contribution in [1.29, 1.82) is 0 Å². The number of nitrogens with zero attached hydrogens (tertiary/aromatic N) is 2. The molecule has 1 heterocycles. The zero-order valence-electron chi connectivity index (χ0n) is 10.9. The summed E-state index contributed by atoms with van der Waals surface area (Å²) in [6.07, 6.45) is 0. The van der Waals surface area contributed by atoms with Crippen LogP contribution in [-0.4, -0.2) is 52.8 Å². The van der Waals surface area contributed by atoms with Crippen molar-refractivity contribution in [2.45, 2.75) is 6.04 Å². The molecule has 7 nitrogen and oxygen atoms in total. The van der Waals surface area contributed by atoms with Gasteiger partial charge in [0.1, 0.15) is 0 Å². The second-order valence-electron chi connectivity index (χ2n) is 4.49. The van der Waals surface area contributed by atoms with Crippen molar-refractivity contribution in [3.63, 3.8) is 0 Å². The molecule has 0 aromatic heterocycles. The van der Waals surface area contributed by atoms with Crippen molar-refractivity contribution < 1.29 is 15.1 Å². The quantitative estimate of drug-likeness (QED) is 0.558. The molecule has 0 saturated carbocycles. The average molecular weight is 304 g/mol. The Bertz CT molecular complexity index is 466. The van der Waals surface area contributed by atoms with Gasteiger partial charge in [-0.1, -0.05) is 6.07 Å². The lowest BCUT2D eigenvalue weighted by Gasteiger charge is -2.34. The Morgan fingerprint density at radius 3 is 2.60 bits per heavy atom. The Hall–Kier alpha value is -1.41. The van der Waals surface area contributed by atoms with E-state index in [9.17, 15) is 20.3 Å². The monoisotopic (exact) mass is 303 g/mol. The van der Waals surface area contributed by atoms with E-state index < -0.39 is 4.92 Å². The van der Waals surface area contributed by atoms with Crippen LogP contribution in [0.1, 0.15) is 11.6 Å². The maximum Gasteiger partial charge on any atom is 0.311 e. The first-order valence-electron chi connectivity index (χ1n) is 6.16. The van der Waals surface area contributed by atoms with Crippen LogP contribution in [0.5, 0.6) is 5.75 Å². The fraction of sp³-hybridized carbons (Fsp3) is 0.500. The lowest BCUT2D eigenvalue weighted by molar-refractivity contribution is -0.386. The van der Waals surface area contributed by atoms with Gasteiger partial charge in [0.15, 0.2) is 5.75 Å². The molecule has 0 spiro atoms. The third kappa shape index (κ3) is 3.57. The van der Waals surface area contributed by atoms with Crippen molar-refractivity contribution in [3.8, 4) is 5.75 Å². The number of rotatable bonds is 4. The van der Waals surface area contributed by atoms with Crippen LogP contribution in [0.15, 0.2) is 18.2 Å². The zero-order chi connectivity index (χ0) is 13.8. The number of hydrogen-bond donors (Lipinski definition) is 3. The lowest BCUT2D eigenvalue weighted by Crippen LogP contribution is -2.46. The van der Waals surface area contributed by atoms with E-state index in [0.29, 0.717) is 5.56 Å². The highest BCUT2D eigenvalue weighted by molar-refractivity contribution is 5.85. The van der Waals surface area contributed by atoms with Gasteiger partial charge in [0, 0.05) is 32.2 Å². The van der Waals surface area contributed by atoms with Crippen LogP contribution < -0.4 is 5.32 Å². The minimum absolute atomic E-state index is 0. The molecule has 1 aliphatic heterocycles. The minimum atomic E-state index is -0.620. The summed E-state index contributed by atoms with van der Waals surface area (Å²) in [5, 5.41) is 33.0. The molecule has 1 aromatic rings. The second-order valence-corrected chi connectivity index (χ2v) is 4.49. The van der Waals surface area contributed by atoms with Crippen molar-refractivity contribution in [2.75, 3.05) is 32.8 Å². The van der Waals surface area contributed by atoms with Gasteiger partial charge in [-0.2, -0.15) is 0 Å². The zero-order valence-corrected chi connectivity index (χ0v) is 11.7. The Morgan fingerprint density at radius 1 is 1.40 bits per heavy atom. The summed E-state index contributed by atoms with van der Waals surface area (Å²) in [6, 6.07) is 3.98. The Morgan fingerprint density at radius 2 is 2.05 bits per heavy atom. The highest BCUT2D eigenvalue weighted by Crippen LogP contribution is 2.30. The van der Waals surface area contributed by atoms with Crippen molar-refractivity contribution in [3.05, 3.63) is 33.9 Å². The number of aromatic hydroxyl groups is 1. The summed E-state index contributed by atoms with van der Waals surface area (Å²) in [6.45, 7) is 3.11. The smallest absolute Gasteiger partial charge is 0.311 e. The molecule has 0 amide bonds. The van der Waals surface area contributed by atoms with E-state index in [2.05, 4.69) is 10.2 Å². The third-order valence-electron chi connectivity index (χ3n) is 3.35. The molecule has 1 fully saturated rings. The number of aliphatic hydroxyl groups excluding tert-OH is 1. The summed E-state index contributed by atoms with van der Waals surface area (Å²) in [5.74, 6) is -0.356. The number of nitro benzene ring substituents is 1. The molecule has 1 atom stereocenters. The number of benzene rings is 1. The number of piperazine rings is 1. The van der Waals surface area contributed by atoms with E-state index in [1.54, 1.807) is 6.07 Å². The van der Waals surface area contributed by atoms with Crippen molar-refractivity contribution in [1.82, 2.24) is 10.2 Å². The molecular weight excluding hydrogens is 286 g/mol. The van der Waals surface area contributed by atoms with Crippen LogP contribution in [0.3, 0.4) is 0 Å². The van der Waals surface area contributed by atoms with Gasteiger partial charge in [0.25, 0.3) is 0 Å². The molecule has 1 aromatic carbocycles. The van der Waals surface area contributed by atoms with Gasteiger partial charge in [-0.25, -0.2) is 0 Å². The SMILES string of the molecule is Cl.O=[N+]([O-])c1cc([C@@H](CO)N2CCNCC2)ccc1O. The average Bonchev–Trinajstić information content (AvgIpc) is 2.42. The largest absolute Gasteiger partial charge is 0.502 e. The van der Waals surface area contributed by atoms with Crippen LogP contribution in [0.25, 0.3) is 0 Å². The number of nitro groups is 1. The van der Waals surface area contributed by atoms with E-state index in [4.69, 9.17) is 0 Å². The van der Waals surface area contributed by atoms with Gasteiger partial charge < -0.3 is 15.5 Å². The summed E-state index contributed by atoms with van der Waals surface area (Å²) in [4.78, 5) is 12.3. The van der Waals surface area contributed by atoms with E-state index in [-0.39, 0.29) is 36.5 Å². The minimum Gasteiger partial charge on any atom is -0.502 e. The van der Waals surface area contributed by atoms with Gasteiger partial charge in [-0.3, -0.25) is 15.0 Å². The Labute approximate surface area is 122 Å². The molecular formula is C12H18ClN3O4. The predicted molar refractivity (Wildman–Crippen MR) is 76.3 cm³/mol. The first-order valence-corrected chi connectivity index (χ1v) is 6.16. The van der Waals surface area contributed by atoms with Crippen LogP contribution in [0.4, 0.5) is 5.69 Å². The molecule has 1 saturated heterocycles. The van der Waals surface area contributed by atoms with E-state index in [1.165, 1.54) is 12.1 Å². The second kappa shape index (κ2) is 7.39. The van der Waals surface area contributed by atoms with Gasteiger partial charge in [-0.15, -0.1) is 12.4 Å². The highest BCUT2D eigenvalue weighted by Gasteiger charge is 2.24. The fourth-order valence-corrected chi connectivity index (χ4v) is 2.32. The molecule has 8 heteroatoms. The number of phenolic OH excluding ortho intramolecular Hbond substituents is 1. The molecule has 20 heavy (non-hydrogen) atoms. The summed E-state index contributed by atoms with van der Waals surface area (Å²) >= 11 is 0. The Balaban J connectivity index is 0.00000200. The number of aliphatic hydroxyl groups is 1. The molecule has 112 valence electrons. The van der Waals surface area contributed by atoms with Gasteiger partial charge in [0.2, 0.25) is 0 Å². The Kier molecular flexibility index (Phi) is 6.15. The molecule has 1 aliphatic rings. The standard InChI is InChI=1S/C12H17N3O4.ClH/c16-8-11(14-5-3-13-4-6-14)9-1-2-12(17)10(7-9)15(18)19;/h1-2,7,11,13,16-17H,3-6,8H2;1H/t11-;/m1./s1. The molecule has 0 bridgehead atoms. The molecule has 2 rings (SSSR count). The summed E-state index contributed by atoms with van der Waals surface area (Å²) < 4.78 is 0. The topological polar surface area (TPSA) is 98.9 Å². The molecule has 3 N–H and O–H groups in total. The third-order valence-corrected chi connectivity index (χ3v) is 3.35. The van der Waals surface area contributed by atoms with E-state index in [0.717, 1.165) is 26.2 Å². The van der Waals surface area contributed by atoms with Crippen LogP contribution in [0.2, 0.25) is 0 Å². The fourth-order valence-electron chi connectivity index (χ4n) is 2.32. The normalized spacial score (nSPS) is 17.2. The molecule has 0 aliphatic carbocycles. The summed E-state index contributed by atoms with van der Waals surface area (Å²) in [5.41, 5.74) is 0.319. The number of phenols is 1. The first-order chi connectivity index (χ1) is 9.13. The molecule has 0 unspecified atom stereocenters. The molecule has 0 radical (unpaired) electrons. The lowest BCUT2D eigenvalue weighted by atomic mass is 10.0. The van der Waals surface area contributed by atoms with Crippen molar-refractivity contribution in [2.24, 2.45) is 0 Å². The first kappa shape index (κ1) is 16.6. The van der Waals surface area contributed by atoms with Gasteiger partial charge in [-0.05, 0) is 11.6 Å². The maximum atomic E-state index is 10.8. The van der Waals surface area contributed by atoms with E-state index >= 15 is 0 Å². The van der Waals surface area contributed by atoms with Gasteiger partial charge >= 0.3 is 5.69 Å². The number of halogens is 1. The van der Waals surface area contributed by atoms with Crippen LogP contribution >= 0.6 is 12.4 Å². The van der Waals surface area contributed by atoms with Crippen LogP contribution in [-0.2, 0) is 0 Å². The van der Waals surface area contributed by atoms with Crippen molar-refractivity contribution >= 4 is 18.1 Å². The predicted octanol–water partition coefficient (Wildman–Crippen LogP) is 0.661. The summed E-state index contributed by atoms with van der Waals surface area (Å²) in [7, 11) is 0. The number of hydrogen-bond acceptors (Lipinski definition) is 6. The van der Waals surface area contributed by atoms with Gasteiger partial charge in [0.05, 0.1) is 17.6 Å². The van der Waals surface area contributed by atoms with Crippen LogP contribution in [0, 0.1) is 10.1 Å².